The third-order valence-corrected chi connectivity index (χ3v) is 1.38. The van der Waals surface area contributed by atoms with Gasteiger partial charge in [-0.25, -0.2) is 0 Å². The summed E-state index contributed by atoms with van der Waals surface area (Å²) in [7, 11) is 0. The minimum absolute atomic E-state index is 0.0762. The van der Waals surface area contributed by atoms with Crippen LogP contribution in [0.4, 0.5) is 0 Å². The van der Waals surface area contributed by atoms with Crippen molar-refractivity contribution in [3.8, 4) is 0 Å². The quantitative estimate of drug-likeness (QED) is 0.626. The molecule has 0 aliphatic rings. The predicted octanol–water partition coefficient (Wildman–Crippen LogP) is 0.930. The summed E-state index contributed by atoms with van der Waals surface area (Å²) < 4.78 is 0. The highest BCUT2D eigenvalue weighted by Gasteiger charge is 1.88. The fraction of sp³-hybridized carbons (Fsp3) is 0.222. The average Bonchev–Trinajstić information content (AvgIpc) is 2.07. The normalized spacial score (nSPS) is 9.91. The molecule has 0 aromatic heterocycles. The highest BCUT2D eigenvalue weighted by atomic mass is 16.3. The van der Waals surface area contributed by atoms with E-state index in [1.165, 1.54) is 5.56 Å². The van der Waals surface area contributed by atoms with Gasteiger partial charge in [0.1, 0.15) is 0 Å². The van der Waals surface area contributed by atoms with E-state index >= 15 is 0 Å². The second kappa shape index (κ2) is 4.88. The fourth-order valence-electron chi connectivity index (χ4n) is 0.850. The van der Waals surface area contributed by atoms with E-state index in [-0.39, 0.29) is 6.61 Å². The van der Waals surface area contributed by atoms with E-state index in [1.807, 2.05) is 30.3 Å². The summed E-state index contributed by atoms with van der Waals surface area (Å²) in [6.07, 6.45) is 0. The molecule has 0 unspecified atom stereocenters. The zero-order valence-corrected chi connectivity index (χ0v) is 6.33. The fourth-order valence-corrected chi connectivity index (χ4v) is 0.850. The maximum absolute atomic E-state index is 8.43. The van der Waals surface area contributed by atoms with Gasteiger partial charge in [0.2, 0.25) is 0 Å². The SMILES string of the molecule is OC[CH]NCc1ccccc1. The Balaban J connectivity index is 2.28. The van der Waals surface area contributed by atoms with Crippen LogP contribution in [0, 0.1) is 6.54 Å². The highest BCUT2D eigenvalue weighted by Crippen LogP contribution is 1.96. The van der Waals surface area contributed by atoms with Crippen molar-refractivity contribution in [1.29, 1.82) is 0 Å². The molecule has 11 heavy (non-hydrogen) atoms. The molecule has 0 bridgehead atoms. The third-order valence-electron chi connectivity index (χ3n) is 1.38. The van der Waals surface area contributed by atoms with Gasteiger partial charge in [0.05, 0.1) is 6.61 Å². The maximum Gasteiger partial charge on any atom is 0.0600 e. The first-order valence-corrected chi connectivity index (χ1v) is 3.63. The maximum atomic E-state index is 8.43. The third kappa shape index (κ3) is 3.16. The van der Waals surface area contributed by atoms with Crippen LogP contribution in [0.3, 0.4) is 0 Å². The average molecular weight is 150 g/mol. The summed E-state index contributed by atoms with van der Waals surface area (Å²) in [6, 6.07) is 10.1. The van der Waals surface area contributed by atoms with Gasteiger partial charge in [0, 0.05) is 13.1 Å². The second-order valence-corrected chi connectivity index (χ2v) is 2.25. The summed E-state index contributed by atoms with van der Waals surface area (Å²) in [5.74, 6) is 0. The van der Waals surface area contributed by atoms with Crippen molar-refractivity contribution < 1.29 is 5.11 Å². The van der Waals surface area contributed by atoms with Crippen LogP contribution in [0.5, 0.6) is 0 Å². The Hall–Kier alpha value is -0.860. The van der Waals surface area contributed by atoms with Crippen molar-refractivity contribution in [3.05, 3.63) is 42.4 Å². The van der Waals surface area contributed by atoms with E-state index in [4.69, 9.17) is 5.11 Å². The van der Waals surface area contributed by atoms with Crippen molar-refractivity contribution in [3.63, 3.8) is 0 Å². The molecule has 0 fully saturated rings. The van der Waals surface area contributed by atoms with Gasteiger partial charge >= 0.3 is 0 Å². The van der Waals surface area contributed by atoms with Crippen LogP contribution in [0.25, 0.3) is 0 Å². The van der Waals surface area contributed by atoms with Crippen LogP contribution in [0.2, 0.25) is 0 Å². The molecule has 0 atom stereocenters. The molecule has 0 spiro atoms. The zero-order chi connectivity index (χ0) is 7.94. The van der Waals surface area contributed by atoms with Gasteiger partial charge in [-0.1, -0.05) is 30.3 Å². The van der Waals surface area contributed by atoms with Crippen molar-refractivity contribution in [2.45, 2.75) is 6.54 Å². The van der Waals surface area contributed by atoms with E-state index < -0.39 is 0 Å². The van der Waals surface area contributed by atoms with Gasteiger partial charge in [-0.15, -0.1) is 0 Å². The summed E-state index contributed by atoms with van der Waals surface area (Å²) >= 11 is 0. The molecular weight excluding hydrogens is 138 g/mol. The van der Waals surface area contributed by atoms with Gasteiger partial charge in [0.25, 0.3) is 0 Å². The van der Waals surface area contributed by atoms with Crippen molar-refractivity contribution in [2.75, 3.05) is 6.61 Å². The molecule has 2 nitrogen and oxygen atoms in total. The number of nitrogens with one attached hydrogen (secondary N) is 1. The molecule has 2 N–H and O–H groups in total. The molecule has 0 saturated carbocycles. The molecule has 1 radical (unpaired) electrons. The first-order chi connectivity index (χ1) is 5.43. The Labute approximate surface area is 66.9 Å². The highest BCUT2D eigenvalue weighted by molar-refractivity contribution is 5.14. The number of benzene rings is 1. The van der Waals surface area contributed by atoms with Crippen LogP contribution in [0.15, 0.2) is 30.3 Å². The molecule has 0 aliphatic heterocycles. The number of aliphatic hydroxyl groups excluding tert-OH is 1. The standard InChI is InChI=1S/C9H12NO/c11-7-6-10-8-9-4-2-1-3-5-9/h1-6,10-11H,7-8H2. The molecule has 0 saturated heterocycles. The predicted molar refractivity (Wildman–Crippen MR) is 44.7 cm³/mol. The second-order valence-electron chi connectivity index (χ2n) is 2.25. The van der Waals surface area contributed by atoms with Gasteiger partial charge in [-0.2, -0.15) is 0 Å². The van der Waals surface area contributed by atoms with Crippen molar-refractivity contribution in [2.24, 2.45) is 0 Å². The number of rotatable bonds is 4. The Bertz CT molecular complexity index is 186. The lowest BCUT2D eigenvalue weighted by molar-refractivity contribution is 0.317. The van der Waals surface area contributed by atoms with Crippen LogP contribution in [0.1, 0.15) is 5.56 Å². The van der Waals surface area contributed by atoms with Gasteiger partial charge in [-0.05, 0) is 5.56 Å². The minimum Gasteiger partial charge on any atom is -0.395 e. The molecule has 2 heteroatoms. The largest absolute Gasteiger partial charge is 0.395 e. The van der Waals surface area contributed by atoms with Gasteiger partial charge < -0.3 is 10.4 Å². The lowest BCUT2D eigenvalue weighted by Gasteiger charge is -2.00. The zero-order valence-electron chi connectivity index (χ0n) is 6.33. The molecular formula is C9H12NO. The molecule has 0 aliphatic carbocycles. The topological polar surface area (TPSA) is 32.3 Å². The molecule has 0 heterocycles. The van der Waals surface area contributed by atoms with E-state index in [1.54, 1.807) is 6.54 Å². The Morgan fingerprint density at radius 3 is 2.64 bits per heavy atom. The Kier molecular flexibility index (Phi) is 3.65. The van der Waals surface area contributed by atoms with Crippen molar-refractivity contribution >= 4 is 0 Å². The summed E-state index contributed by atoms with van der Waals surface area (Å²) in [5, 5.41) is 11.4. The molecule has 1 aromatic carbocycles. The molecule has 1 rings (SSSR count). The molecule has 0 amide bonds. The summed E-state index contributed by atoms with van der Waals surface area (Å²) in [4.78, 5) is 0. The summed E-state index contributed by atoms with van der Waals surface area (Å²) in [5.41, 5.74) is 1.22. The van der Waals surface area contributed by atoms with E-state index in [0.717, 1.165) is 6.54 Å². The van der Waals surface area contributed by atoms with E-state index in [2.05, 4.69) is 5.32 Å². The Morgan fingerprint density at radius 2 is 2.00 bits per heavy atom. The lowest BCUT2D eigenvalue weighted by Crippen LogP contribution is -2.11. The van der Waals surface area contributed by atoms with Crippen molar-refractivity contribution in [1.82, 2.24) is 5.32 Å². The number of hydrogen-bond acceptors (Lipinski definition) is 2. The lowest BCUT2D eigenvalue weighted by atomic mass is 10.2. The van der Waals surface area contributed by atoms with Gasteiger partial charge in [0.15, 0.2) is 0 Å². The minimum atomic E-state index is 0.0762. The van der Waals surface area contributed by atoms with Crippen LogP contribution in [-0.4, -0.2) is 11.7 Å². The first-order valence-electron chi connectivity index (χ1n) is 3.63. The van der Waals surface area contributed by atoms with Crippen LogP contribution in [-0.2, 0) is 6.54 Å². The number of hydrogen-bond donors (Lipinski definition) is 2. The monoisotopic (exact) mass is 150 g/mol. The van der Waals surface area contributed by atoms with E-state index in [9.17, 15) is 0 Å². The van der Waals surface area contributed by atoms with Crippen LogP contribution < -0.4 is 5.32 Å². The summed E-state index contributed by atoms with van der Waals surface area (Å²) in [6.45, 7) is 2.49. The Morgan fingerprint density at radius 1 is 1.27 bits per heavy atom. The van der Waals surface area contributed by atoms with Gasteiger partial charge in [-0.3, -0.25) is 0 Å². The van der Waals surface area contributed by atoms with E-state index in [0.29, 0.717) is 0 Å². The first kappa shape index (κ1) is 8.24. The molecule has 59 valence electrons. The smallest absolute Gasteiger partial charge is 0.0600 e. The van der Waals surface area contributed by atoms with Crippen LogP contribution >= 0.6 is 0 Å². The molecule has 1 aromatic rings. The number of aliphatic hydroxyl groups is 1.